The molecule has 0 atom stereocenters. The molecule has 0 saturated carbocycles. The summed E-state index contributed by atoms with van der Waals surface area (Å²) in [5.41, 5.74) is 6.33. The molecule has 18 heavy (non-hydrogen) atoms. The molecule has 0 saturated heterocycles. The van der Waals surface area contributed by atoms with Crippen LogP contribution in [0.25, 0.3) is 0 Å². The molecule has 3 nitrogen and oxygen atoms in total. The molecule has 2 aromatic carbocycles. The van der Waals surface area contributed by atoms with Crippen molar-refractivity contribution in [3.05, 3.63) is 47.5 Å². The van der Waals surface area contributed by atoms with Gasteiger partial charge in [-0.25, -0.2) is 0 Å². The predicted octanol–water partition coefficient (Wildman–Crippen LogP) is 4.11. The molecule has 0 aliphatic heterocycles. The first kappa shape index (κ1) is 12.6. The lowest BCUT2D eigenvalue weighted by Gasteiger charge is -2.10. The minimum Gasteiger partial charge on any atom is -0.494 e. The molecule has 0 radical (unpaired) electrons. The van der Waals surface area contributed by atoms with Crippen LogP contribution in [0, 0.1) is 0 Å². The van der Waals surface area contributed by atoms with Gasteiger partial charge in [0.05, 0.1) is 12.3 Å². The predicted molar refractivity (Wildman–Crippen MR) is 73.5 cm³/mol. The van der Waals surface area contributed by atoms with Crippen molar-refractivity contribution in [1.82, 2.24) is 0 Å². The second-order valence-corrected chi connectivity index (χ2v) is 4.13. The van der Waals surface area contributed by atoms with Gasteiger partial charge in [-0.3, -0.25) is 0 Å². The van der Waals surface area contributed by atoms with Crippen LogP contribution < -0.4 is 15.2 Å². The van der Waals surface area contributed by atoms with E-state index in [1.54, 1.807) is 18.2 Å². The minimum atomic E-state index is 0.504. The highest BCUT2D eigenvalue weighted by Gasteiger charge is 2.04. The van der Waals surface area contributed by atoms with Gasteiger partial charge in [0.15, 0.2) is 0 Å². The van der Waals surface area contributed by atoms with Crippen molar-refractivity contribution >= 4 is 17.3 Å². The Morgan fingerprint density at radius 3 is 2.61 bits per heavy atom. The third kappa shape index (κ3) is 3.08. The van der Waals surface area contributed by atoms with Crippen molar-refractivity contribution in [2.45, 2.75) is 6.92 Å². The Hall–Kier alpha value is -1.87. The third-order valence-corrected chi connectivity index (χ3v) is 2.55. The van der Waals surface area contributed by atoms with E-state index in [0.717, 1.165) is 5.75 Å². The Morgan fingerprint density at radius 1 is 1.11 bits per heavy atom. The highest BCUT2D eigenvalue weighted by Crippen LogP contribution is 2.31. The van der Waals surface area contributed by atoms with Crippen LogP contribution in [-0.4, -0.2) is 6.61 Å². The van der Waals surface area contributed by atoms with E-state index in [2.05, 4.69) is 0 Å². The molecule has 0 aromatic heterocycles. The molecule has 0 unspecified atom stereocenters. The van der Waals surface area contributed by atoms with Gasteiger partial charge in [0, 0.05) is 11.1 Å². The molecule has 0 fully saturated rings. The lowest BCUT2D eigenvalue weighted by molar-refractivity contribution is 0.338. The van der Waals surface area contributed by atoms with Gasteiger partial charge in [-0.15, -0.1) is 0 Å². The molecule has 0 aliphatic rings. The standard InChI is InChI=1S/C14H14ClNO2/c1-2-17-11-4-3-5-12(9-11)18-14-7-6-10(15)8-13(14)16/h3-9H,2,16H2,1H3. The van der Waals surface area contributed by atoms with Crippen LogP contribution >= 0.6 is 11.6 Å². The minimum absolute atomic E-state index is 0.504. The number of rotatable bonds is 4. The van der Waals surface area contributed by atoms with Crippen LogP contribution in [0.2, 0.25) is 5.02 Å². The molecule has 94 valence electrons. The quantitative estimate of drug-likeness (QED) is 0.844. The van der Waals surface area contributed by atoms with Crippen molar-refractivity contribution in [2.24, 2.45) is 0 Å². The van der Waals surface area contributed by atoms with Crippen molar-refractivity contribution in [3.8, 4) is 17.2 Å². The van der Waals surface area contributed by atoms with Gasteiger partial charge in [0.25, 0.3) is 0 Å². The fraction of sp³-hybridized carbons (Fsp3) is 0.143. The number of hydrogen-bond acceptors (Lipinski definition) is 3. The van der Waals surface area contributed by atoms with Gasteiger partial charge in [-0.2, -0.15) is 0 Å². The van der Waals surface area contributed by atoms with E-state index in [0.29, 0.717) is 28.8 Å². The van der Waals surface area contributed by atoms with Crippen LogP contribution in [0.3, 0.4) is 0 Å². The second-order valence-electron chi connectivity index (χ2n) is 3.69. The Balaban J connectivity index is 2.20. The molecular weight excluding hydrogens is 250 g/mol. The highest BCUT2D eigenvalue weighted by atomic mass is 35.5. The number of anilines is 1. The lowest BCUT2D eigenvalue weighted by Crippen LogP contribution is -1.94. The van der Waals surface area contributed by atoms with E-state index in [1.807, 2.05) is 31.2 Å². The largest absolute Gasteiger partial charge is 0.494 e. The van der Waals surface area contributed by atoms with Gasteiger partial charge in [-0.1, -0.05) is 17.7 Å². The number of halogens is 1. The van der Waals surface area contributed by atoms with E-state index in [1.165, 1.54) is 0 Å². The first-order valence-electron chi connectivity index (χ1n) is 5.65. The molecular formula is C14H14ClNO2. The summed E-state index contributed by atoms with van der Waals surface area (Å²) in [5, 5.41) is 0.586. The highest BCUT2D eigenvalue weighted by molar-refractivity contribution is 6.30. The monoisotopic (exact) mass is 263 g/mol. The second kappa shape index (κ2) is 5.65. The van der Waals surface area contributed by atoms with Crippen molar-refractivity contribution in [2.75, 3.05) is 12.3 Å². The summed E-state index contributed by atoms with van der Waals surface area (Å²) < 4.78 is 11.1. The first-order chi connectivity index (χ1) is 8.69. The van der Waals surface area contributed by atoms with Gasteiger partial charge in [0.2, 0.25) is 0 Å². The maximum atomic E-state index is 5.83. The van der Waals surface area contributed by atoms with E-state index >= 15 is 0 Å². The zero-order chi connectivity index (χ0) is 13.0. The molecule has 0 bridgehead atoms. The first-order valence-corrected chi connectivity index (χ1v) is 6.02. The van der Waals surface area contributed by atoms with Crippen LogP contribution in [0.15, 0.2) is 42.5 Å². The fourth-order valence-corrected chi connectivity index (χ4v) is 1.71. The van der Waals surface area contributed by atoms with Crippen LogP contribution in [0.1, 0.15) is 6.92 Å². The molecule has 0 amide bonds. The summed E-state index contributed by atoms with van der Waals surface area (Å²) in [6.45, 7) is 2.55. The molecule has 2 rings (SSSR count). The number of nitrogens with two attached hydrogens (primary N) is 1. The molecule has 0 spiro atoms. The van der Waals surface area contributed by atoms with E-state index in [4.69, 9.17) is 26.8 Å². The van der Waals surface area contributed by atoms with Crippen molar-refractivity contribution in [3.63, 3.8) is 0 Å². The van der Waals surface area contributed by atoms with Crippen LogP contribution in [0.4, 0.5) is 5.69 Å². The summed E-state index contributed by atoms with van der Waals surface area (Å²) in [6, 6.07) is 12.5. The summed E-state index contributed by atoms with van der Waals surface area (Å²) >= 11 is 5.83. The van der Waals surface area contributed by atoms with Gasteiger partial charge >= 0.3 is 0 Å². The lowest BCUT2D eigenvalue weighted by atomic mass is 10.3. The smallest absolute Gasteiger partial charge is 0.150 e. The number of nitrogen functional groups attached to an aromatic ring is 1. The zero-order valence-corrected chi connectivity index (χ0v) is 10.8. The zero-order valence-electron chi connectivity index (χ0n) is 10.0. The maximum Gasteiger partial charge on any atom is 0.150 e. The fourth-order valence-electron chi connectivity index (χ4n) is 1.53. The Bertz CT molecular complexity index is 543. The van der Waals surface area contributed by atoms with Gasteiger partial charge in [0.1, 0.15) is 17.2 Å². The number of benzene rings is 2. The molecule has 0 heterocycles. The summed E-state index contributed by atoms with van der Waals surface area (Å²) in [4.78, 5) is 0. The third-order valence-electron chi connectivity index (χ3n) is 2.32. The molecule has 0 aliphatic carbocycles. The van der Waals surface area contributed by atoms with Gasteiger partial charge < -0.3 is 15.2 Å². The Kier molecular flexibility index (Phi) is 3.95. The normalized spacial score (nSPS) is 10.1. The van der Waals surface area contributed by atoms with E-state index in [9.17, 15) is 0 Å². The topological polar surface area (TPSA) is 44.5 Å². The average Bonchev–Trinajstić information content (AvgIpc) is 2.34. The molecule has 2 N–H and O–H groups in total. The summed E-state index contributed by atoms with van der Waals surface area (Å²) in [5.74, 6) is 2.02. The Morgan fingerprint density at radius 2 is 1.89 bits per heavy atom. The molecule has 2 aromatic rings. The summed E-state index contributed by atoms with van der Waals surface area (Å²) in [6.07, 6.45) is 0. The van der Waals surface area contributed by atoms with E-state index in [-0.39, 0.29) is 0 Å². The van der Waals surface area contributed by atoms with Crippen LogP contribution in [-0.2, 0) is 0 Å². The average molecular weight is 264 g/mol. The van der Waals surface area contributed by atoms with Gasteiger partial charge in [-0.05, 0) is 37.3 Å². The SMILES string of the molecule is CCOc1cccc(Oc2ccc(Cl)cc2N)c1. The van der Waals surface area contributed by atoms with E-state index < -0.39 is 0 Å². The van der Waals surface area contributed by atoms with Crippen molar-refractivity contribution in [1.29, 1.82) is 0 Å². The van der Waals surface area contributed by atoms with Crippen LogP contribution in [0.5, 0.6) is 17.2 Å². The maximum absolute atomic E-state index is 5.83. The Labute approximate surface area is 111 Å². The number of ether oxygens (including phenoxy) is 2. The van der Waals surface area contributed by atoms with Crippen molar-refractivity contribution < 1.29 is 9.47 Å². The molecule has 4 heteroatoms. The summed E-state index contributed by atoms with van der Waals surface area (Å²) in [7, 11) is 0. The number of hydrogen-bond donors (Lipinski definition) is 1.